The second-order valence-electron chi connectivity index (χ2n) is 2.84. The molecule has 0 aromatic rings. The standard InChI is InChI=1S/C6H13NO2.C4H8O2.ClH/c1-2-9-6(8)4-3-5-7;1-2-3-4(5)6;/h2-5,7H2,1H3;2-3H2,1H3,(H,5,6);1H. The van der Waals surface area contributed by atoms with E-state index in [1.165, 1.54) is 0 Å². The lowest BCUT2D eigenvalue weighted by Crippen LogP contribution is -2.07. The molecule has 6 heteroatoms. The molecule has 0 amide bonds. The zero-order valence-corrected chi connectivity index (χ0v) is 10.7. The quantitative estimate of drug-likeness (QED) is 0.704. The third kappa shape index (κ3) is 23.2. The minimum absolute atomic E-state index is 0. The van der Waals surface area contributed by atoms with E-state index in [0.717, 1.165) is 12.8 Å². The minimum atomic E-state index is -0.711. The van der Waals surface area contributed by atoms with Gasteiger partial charge in [-0.3, -0.25) is 9.59 Å². The first-order chi connectivity index (χ1) is 7.08. The Bertz CT molecular complexity index is 176. The Morgan fingerprint density at radius 3 is 2.06 bits per heavy atom. The van der Waals surface area contributed by atoms with Gasteiger partial charge in [0.25, 0.3) is 0 Å². The first kappa shape index (κ1) is 20.6. The van der Waals surface area contributed by atoms with Gasteiger partial charge in [0.1, 0.15) is 0 Å². The maximum absolute atomic E-state index is 10.5. The fourth-order valence-corrected chi connectivity index (χ4v) is 0.693. The van der Waals surface area contributed by atoms with Crippen LogP contribution in [0.15, 0.2) is 0 Å². The summed E-state index contributed by atoms with van der Waals surface area (Å²) in [6, 6.07) is 0. The van der Waals surface area contributed by atoms with Gasteiger partial charge >= 0.3 is 11.9 Å². The molecule has 0 aliphatic rings. The van der Waals surface area contributed by atoms with Crippen LogP contribution in [0.3, 0.4) is 0 Å². The zero-order valence-electron chi connectivity index (χ0n) is 9.90. The molecule has 0 aromatic heterocycles. The number of hydrogen-bond donors (Lipinski definition) is 2. The number of nitrogens with two attached hydrogens (primary N) is 1. The van der Waals surface area contributed by atoms with E-state index in [2.05, 4.69) is 4.74 Å². The van der Waals surface area contributed by atoms with Gasteiger partial charge in [-0.25, -0.2) is 0 Å². The Morgan fingerprint density at radius 1 is 1.25 bits per heavy atom. The van der Waals surface area contributed by atoms with Crippen LogP contribution in [-0.2, 0) is 14.3 Å². The van der Waals surface area contributed by atoms with E-state index in [4.69, 9.17) is 10.8 Å². The lowest BCUT2D eigenvalue weighted by molar-refractivity contribution is -0.143. The van der Waals surface area contributed by atoms with Gasteiger partial charge in [0.05, 0.1) is 6.61 Å². The van der Waals surface area contributed by atoms with Crippen molar-refractivity contribution in [2.75, 3.05) is 13.2 Å². The minimum Gasteiger partial charge on any atom is -0.481 e. The summed E-state index contributed by atoms with van der Waals surface area (Å²) in [5, 5.41) is 7.91. The number of carboxylic acid groups (broad SMARTS) is 1. The third-order valence-corrected chi connectivity index (χ3v) is 1.35. The molecule has 0 fully saturated rings. The largest absolute Gasteiger partial charge is 0.481 e. The number of rotatable bonds is 6. The van der Waals surface area contributed by atoms with Crippen molar-refractivity contribution in [3.8, 4) is 0 Å². The molecule has 0 aliphatic heterocycles. The Kier molecular flexibility index (Phi) is 21.4. The topological polar surface area (TPSA) is 89.6 Å². The SMILES string of the molecule is CCCC(=O)O.CCOC(=O)CCCN.Cl. The van der Waals surface area contributed by atoms with Crippen molar-refractivity contribution in [3.05, 3.63) is 0 Å². The Morgan fingerprint density at radius 2 is 1.81 bits per heavy atom. The van der Waals surface area contributed by atoms with Crippen LogP contribution in [0.4, 0.5) is 0 Å². The van der Waals surface area contributed by atoms with E-state index in [0.29, 0.717) is 26.0 Å². The molecule has 0 bridgehead atoms. The van der Waals surface area contributed by atoms with Crippen molar-refractivity contribution in [1.29, 1.82) is 0 Å². The lowest BCUT2D eigenvalue weighted by atomic mass is 10.3. The van der Waals surface area contributed by atoms with Gasteiger partial charge in [-0.15, -0.1) is 12.4 Å². The van der Waals surface area contributed by atoms with Gasteiger partial charge in [-0.2, -0.15) is 0 Å². The summed E-state index contributed by atoms with van der Waals surface area (Å²) in [5.41, 5.74) is 5.17. The molecule has 0 spiro atoms. The first-order valence-electron chi connectivity index (χ1n) is 5.15. The molecule has 0 radical (unpaired) electrons. The Labute approximate surface area is 103 Å². The Balaban J connectivity index is -0.000000214. The van der Waals surface area contributed by atoms with Crippen molar-refractivity contribution in [1.82, 2.24) is 0 Å². The molecule has 3 N–H and O–H groups in total. The number of carboxylic acids is 1. The number of ether oxygens (including phenoxy) is 1. The number of hydrogen-bond acceptors (Lipinski definition) is 4. The van der Waals surface area contributed by atoms with Crippen LogP contribution in [0.5, 0.6) is 0 Å². The van der Waals surface area contributed by atoms with Crippen molar-refractivity contribution in [2.24, 2.45) is 5.73 Å². The molecule has 98 valence electrons. The van der Waals surface area contributed by atoms with Crippen LogP contribution < -0.4 is 5.73 Å². The predicted octanol–water partition coefficient (Wildman–Crippen LogP) is 1.58. The normalized spacial score (nSPS) is 8.19. The van der Waals surface area contributed by atoms with Gasteiger partial charge in [-0.05, 0) is 26.3 Å². The smallest absolute Gasteiger partial charge is 0.305 e. The van der Waals surface area contributed by atoms with Crippen molar-refractivity contribution in [3.63, 3.8) is 0 Å². The molecule has 0 aliphatic carbocycles. The van der Waals surface area contributed by atoms with Gasteiger partial charge in [0, 0.05) is 12.8 Å². The average molecular weight is 256 g/mol. The van der Waals surface area contributed by atoms with Crippen molar-refractivity contribution in [2.45, 2.75) is 39.5 Å². The summed E-state index contributed by atoms with van der Waals surface area (Å²) >= 11 is 0. The maximum Gasteiger partial charge on any atom is 0.305 e. The highest BCUT2D eigenvalue weighted by Crippen LogP contribution is 1.89. The van der Waals surface area contributed by atoms with Crippen LogP contribution in [0.2, 0.25) is 0 Å². The summed E-state index contributed by atoms with van der Waals surface area (Å²) in [5.74, 6) is -0.861. The van der Waals surface area contributed by atoms with Crippen LogP contribution >= 0.6 is 12.4 Å². The van der Waals surface area contributed by atoms with Crippen molar-refractivity contribution >= 4 is 24.3 Å². The van der Waals surface area contributed by atoms with E-state index in [1.807, 2.05) is 6.92 Å². The fraction of sp³-hybridized carbons (Fsp3) is 0.800. The molecule has 16 heavy (non-hydrogen) atoms. The highest BCUT2D eigenvalue weighted by atomic mass is 35.5. The molecule has 0 saturated heterocycles. The maximum atomic E-state index is 10.5. The second-order valence-corrected chi connectivity index (χ2v) is 2.84. The van der Waals surface area contributed by atoms with Crippen LogP contribution in [0, 0.1) is 0 Å². The lowest BCUT2D eigenvalue weighted by Gasteiger charge is -1.98. The van der Waals surface area contributed by atoms with Gasteiger partial charge < -0.3 is 15.6 Å². The second kappa shape index (κ2) is 16.6. The van der Waals surface area contributed by atoms with E-state index in [-0.39, 0.29) is 18.4 Å². The molecule has 0 atom stereocenters. The predicted molar refractivity (Wildman–Crippen MR) is 64.7 cm³/mol. The molecule has 0 aromatic carbocycles. The third-order valence-electron chi connectivity index (χ3n) is 1.35. The average Bonchev–Trinajstić information content (AvgIpc) is 2.16. The number of halogens is 1. The number of carbonyl (C=O) groups excluding carboxylic acids is 1. The van der Waals surface area contributed by atoms with Crippen LogP contribution in [-0.4, -0.2) is 30.2 Å². The van der Waals surface area contributed by atoms with E-state index >= 15 is 0 Å². The number of aliphatic carboxylic acids is 1. The summed E-state index contributed by atoms with van der Waals surface area (Å²) in [6.07, 6.45) is 2.19. The molecular weight excluding hydrogens is 234 g/mol. The first-order valence-corrected chi connectivity index (χ1v) is 5.15. The number of esters is 1. The molecule has 0 rings (SSSR count). The monoisotopic (exact) mass is 255 g/mol. The summed E-state index contributed by atoms with van der Waals surface area (Å²) in [4.78, 5) is 20.1. The Hall–Kier alpha value is -0.810. The molecular formula is C10H22ClNO4. The van der Waals surface area contributed by atoms with Crippen LogP contribution in [0.25, 0.3) is 0 Å². The van der Waals surface area contributed by atoms with E-state index in [9.17, 15) is 9.59 Å². The highest BCUT2D eigenvalue weighted by Gasteiger charge is 1.97. The highest BCUT2D eigenvalue weighted by molar-refractivity contribution is 5.85. The fourth-order valence-electron chi connectivity index (χ4n) is 0.693. The van der Waals surface area contributed by atoms with Gasteiger partial charge in [0.2, 0.25) is 0 Å². The molecule has 0 heterocycles. The molecule has 0 unspecified atom stereocenters. The number of carbonyl (C=O) groups is 2. The van der Waals surface area contributed by atoms with Gasteiger partial charge in [0.15, 0.2) is 0 Å². The zero-order chi connectivity index (χ0) is 12.1. The summed E-state index contributed by atoms with van der Waals surface area (Å²) < 4.78 is 4.65. The summed E-state index contributed by atoms with van der Waals surface area (Å²) in [6.45, 7) is 4.65. The molecule has 5 nitrogen and oxygen atoms in total. The summed E-state index contributed by atoms with van der Waals surface area (Å²) in [7, 11) is 0. The van der Waals surface area contributed by atoms with Crippen LogP contribution in [0.1, 0.15) is 39.5 Å². The van der Waals surface area contributed by atoms with E-state index in [1.54, 1.807) is 6.92 Å². The van der Waals surface area contributed by atoms with E-state index < -0.39 is 5.97 Å². The molecule has 0 saturated carbocycles. The van der Waals surface area contributed by atoms with Gasteiger partial charge in [-0.1, -0.05) is 6.92 Å². The van der Waals surface area contributed by atoms with Crippen molar-refractivity contribution < 1.29 is 19.4 Å².